The van der Waals surface area contributed by atoms with E-state index in [1.807, 2.05) is 49.3 Å². The van der Waals surface area contributed by atoms with Crippen molar-refractivity contribution in [2.75, 3.05) is 42.6 Å². The lowest BCUT2D eigenvalue weighted by Gasteiger charge is -2.20. The molecule has 2 N–H and O–H groups in total. The van der Waals surface area contributed by atoms with E-state index in [-0.39, 0.29) is 5.56 Å². The van der Waals surface area contributed by atoms with Crippen LogP contribution in [-0.2, 0) is 10.9 Å². The maximum atomic E-state index is 12.7. The fourth-order valence-electron chi connectivity index (χ4n) is 3.18. The van der Waals surface area contributed by atoms with Crippen LogP contribution in [0.5, 0.6) is 5.75 Å². The predicted molar refractivity (Wildman–Crippen MR) is 137 cm³/mol. The number of thiazole rings is 1. The number of alkyl halides is 3. The molecule has 0 radical (unpaired) electrons. The van der Waals surface area contributed by atoms with Gasteiger partial charge in [-0.2, -0.15) is 13.2 Å². The van der Waals surface area contributed by atoms with Gasteiger partial charge in [0.1, 0.15) is 22.2 Å². The molecule has 0 bridgehead atoms. The van der Waals surface area contributed by atoms with Crippen molar-refractivity contribution in [3.8, 4) is 5.75 Å². The van der Waals surface area contributed by atoms with Gasteiger partial charge >= 0.3 is 6.18 Å². The number of rotatable bonds is 10. The van der Waals surface area contributed by atoms with Crippen molar-refractivity contribution < 1.29 is 27.4 Å². The van der Waals surface area contributed by atoms with Crippen molar-refractivity contribution in [1.82, 2.24) is 4.98 Å². The lowest BCUT2D eigenvalue weighted by atomic mass is 10.1. The SMILES string of the molecule is CCOCCOc1ccc(N(C)Nc2cc3sc(NC(=O)c4ccc(C(F)(F)F)cc4)nc3s2)cc1. The monoisotopic (exact) mass is 536 g/mol. The van der Waals surface area contributed by atoms with Gasteiger partial charge in [0.05, 0.1) is 22.6 Å². The molecule has 0 atom stereocenters. The van der Waals surface area contributed by atoms with E-state index in [0.29, 0.717) is 25.0 Å². The molecule has 190 valence electrons. The minimum atomic E-state index is -4.45. The fourth-order valence-corrected chi connectivity index (χ4v) is 5.23. The highest BCUT2D eigenvalue weighted by molar-refractivity contribution is 7.30. The zero-order chi connectivity index (χ0) is 25.7. The van der Waals surface area contributed by atoms with Crippen molar-refractivity contribution in [2.45, 2.75) is 13.1 Å². The largest absolute Gasteiger partial charge is 0.491 e. The summed E-state index contributed by atoms with van der Waals surface area (Å²) in [5.41, 5.74) is 3.54. The Morgan fingerprint density at radius 2 is 1.78 bits per heavy atom. The molecule has 0 saturated carbocycles. The Balaban J connectivity index is 1.33. The molecule has 12 heteroatoms. The third-order valence-corrected chi connectivity index (χ3v) is 6.97. The van der Waals surface area contributed by atoms with Crippen LogP contribution in [-0.4, -0.2) is 37.8 Å². The molecule has 36 heavy (non-hydrogen) atoms. The molecular formula is C24H23F3N4O3S2. The average molecular weight is 537 g/mol. The van der Waals surface area contributed by atoms with E-state index in [1.54, 1.807) is 0 Å². The fraction of sp³-hybridized carbons (Fsp3) is 0.250. The highest BCUT2D eigenvalue weighted by Gasteiger charge is 2.30. The van der Waals surface area contributed by atoms with Crippen LogP contribution in [0.15, 0.2) is 54.6 Å². The van der Waals surface area contributed by atoms with Crippen LogP contribution >= 0.6 is 22.7 Å². The van der Waals surface area contributed by atoms with Crippen LogP contribution in [0.4, 0.5) is 29.0 Å². The van der Waals surface area contributed by atoms with Crippen LogP contribution in [0.25, 0.3) is 9.53 Å². The molecule has 2 aromatic heterocycles. The van der Waals surface area contributed by atoms with Gasteiger partial charge in [-0.05, 0) is 61.5 Å². The molecule has 4 aromatic rings. The maximum Gasteiger partial charge on any atom is 0.416 e. The molecule has 2 aromatic carbocycles. The second-order valence-electron chi connectivity index (χ2n) is 7.54. The van der Waals surface area contributed by atoms with Gasteiger partial charge in [0.25, 0.3) is 5.91 Å². The molecule has 0 fully saturated rings. The summed E-state index contributed by atoms with van der Waals surface area (Å²) in [6.07, 6.45) is -4.45. The number of hydrogen-bond acceptors (Lipinski definition) is 8. The van der Waals surface area contributed by atoms with Crippen LogP contribution in [0.2, 0.25) is 0 Å². The summed E-state index contributed by atoms with van der Waals surface area (Å²) in [5.74, 6) is 0.243. The van der Waals surface area contributed by atoms with Gasteiger partial charge in [0.2, 0.25) is 0 Å². The van der Waals surface area contributed by atoms with E-state index in [2.05, 4.69) is 15.7 Å². The zero-order valence-corrected chi connectivity index (χ0v) is 21.0. The smallest absolute Gasteiger partial charge is 0.416 e. The van der Waals surface area contributed by atoms with Gasteiger partial charge in [-0.3, -0.25) is 20.5 Å². The van der Waals surface area contributed by atoms with Gasteiger partial charge in [0, 0.05) is 19.2 Å². The number of hydrazine groups is 1. The summed E-state index contributed by atoms with van der Waals surface area (Å²) in [6.45, 7) is 3.64. The molecule has 2 heterocycles. The first-order chi connectivity index (χ1) is 17.2. The number of carbonyl (C=O) groups is 1. The second-order valence-corrected chi connectivity index (χ2v) is 9.60. The lowest BCUT2D eigenvalue weighted by Crippen LogP contribution is -2.23. The summed E-state index contributed by atoms with van der Waals surface area (Å²) in [7, 11) is 1.89. The van der Waals surface area contributed by atoms with Crippen LogP contribution < -0.4 is 20.5 Å². The number of nitrogens with zero attached hydrogens (tertiary/aromatic N) is 2. The third-order valence-electron chi connectivity index (χ3n) is 4.99. The number of fused-ring (bicyclic) bond motifs is 1. The minimum absolute atomic E-state index is 0.122. The summed E-state index contributed by atoms with van der Waals surface area (Å²) in [6, 6.07) is 13.6. The van der Waals surface area contributed by atoms with E-state index in [9.17, 15) is 18.0 Å². The average Bonchev–Trinajstić information content (AvgIpc) is 3.39. The quantitative estimate of drug-likeness (QED) is 0.178. The number of carbonyl (C=O) groups excluding carboxylic acids is 1. The third kappa shape index (κ3) is 6.45. The van der Waals surface area contributed by atoms with Gasteiger partial charge in [-0.15, -0.1) is 0 Å². The number of aromatic nitrogens is 1. The van der Waals surface area contributed by atoms with Crippen molar-refractivity contribution in [2.24, 2.45) is 0 Å². The zero-order valence-electron chi connectivity index (χ0n) is 19.4. The summed E-state index contributed by atoms with van der Waals surface area (Å²) in [4.78, 5) is 17.6. The molecule has 0 saturated heterocycles. The molecule has 0 aliphatic carbocycles. The molecule has 4 rings (SSSR count). The summed E-state index contributed by atoms with van der Waals surface area (Å²) in [5, 5.41) is 5.76. The van der Waals surface area contributed by atoms with Crippen molar-refractivity contribution in [3.63, 3.8) is 0 Å². The van der Waals surface area contributed by atoms with Gasteiger partial charge < -0.3 is 9.47 Å². The van der Waals surface area contributed by atoms with Crippen LogP contribution in [0.3, 0.4) is 0 Å². The first-order valence-corrected chi connectivity index (χ1v) is 12.6. The Bertz CT molecular complexity index is 1270. The van der Waals surface area contributed by atoms with Gasteiger partial charge in [-0.1, -0.05) is 22.7 Å². The number of hydrogen-bond donors (Lipinski definition) is 2. The van der Waals surface area contributed by atoms with Crippen LogP contribution in [0.1, 0.15) is 22.8 Å². The topological polar surface area (TPSA) is 75.7 Å². The van der Waals surface area contributed by atoms with Gasteiger partial charge in [0.15, 0.2) is 5.13 Å². The van der Waals surface area contributed by atoms with E-state index >= 15 is 0 Å². The predicted octanol–water partition coefficient (Wildman–Crippen LogP) is 6.51. The maximum absolute atomic E-state index is 12.7. The molecule has 0 aliphatic rings. The van der Waals surface area contributed by atoms with Crippen molar-refractivity contribution in [1.29, 1.82) is 0 Å². The number of amides is 1. The van der Waals surface area contributed by atoms with E-state index in [0.717, 1.165) is 50.2 Å². The first-order valence-electron chi connectivity index (χ1n) is 10.9. The standard InChI is InChI=1S/C24H23F3N4O3S2/c1-3-33-12-13-34-18-10-8-17(9-11-18)31(2)30-20-14-19-22(36-20)29-23(35-19)28-21(32)15-4-6-16(7-5-15)24(25,26)27/h4-11,14,30H,3,12-13H2,1-2H3,(H,28,29,32). The normalized spacial score (nSPS) is 11.5. The lowest BCUT2D eigenvalue weighted by molar-refractivity contribution is -0.137. The Kier molecular flexibility index (Phi) is 7.97. The van der Waals surface area contributed by atoms with E-state index in [1.165, 1.54) is 22.7 Å². The van der Waals surface area contributed by atoms with E-state index in [4.69, 9.17) is 9.47 Å². The highest BCUT2D eigenvalue weighted by atomic mass is 32.1. The molecule has 1 amide bonds. The van der Waals surface area contributed by atoms with Crippen LogP contribution in [0, 0.1) is 0 Å². The highest BCUT2D eigenvalue weighted by Crippen LogP contribution is 2.36. The van der Waals surface area contributed by atoms with Gasteiger partial charge in [-0.25, -0.2) is 4.98 Å². The second kappa shape index (κ2) is 11.1. The number of halogens is 3. The number of benzene rings is 2. The van der Waals surface area contributed by atoms with Crippen molar-refractivity contribution >= 4 is 53.9 Å². The summed E-state index contributed by atoms with van der Waals surface area (Å²) >= 11 is 2.71. The Hall–Kier alpha value is -3.35. The molecule has 7 nitrogen and oxygen atoms in total. The number of anilines is 3. The molecule has 0 spiro atoms. The number of nitrogens with one attached hydrogen (secondary N) is 2. The summed E-state index contributed by atoms with van der Waals surface area (Å²) < 4.78 is 49.9. The molecular weight excluding hydrogens is 513 g/mol. The van der Waals surface area contributed by atoms with E-state index < -0.39 is 17.6 Å². The molecule has 0 unspecified atom stereocenters. The Morgan fingerprint density at radius 3 is 2.42 bits per heavy atom. The minimum Gasteiger partial charge on any atom is -0.491 e. The molecule has 0 aliphatic heterocycles. The van der Waals surface area contributed by atoms with Crippen molar-refractivity contribution in [3.05, 3.63) is 65.7 Å². The Morgan fingerprint density at radius 1 is 1.06 bits per heavy atom. The number of thiophene rings is 1. The Labute approximate surface area is 213 Å². The first kappa shape index (κ1) is 25.7. The number of ether oxygens (including phenoxy) is 2.